The van der Waals surface area contributed by atoms with Gasteiger partial charge < -0.3 is 10.6 Å². The Labute approximate surface area is 187 Å². The Morgan fingerprint density at radius 3 is 2.12 bits per heavy atom. The first-order valence-electron chi connectivity index (χ1n) is 10.2. The molecule has 0 fully saturated rings. The van der Waals surface area contributed by atoms with E-state index in [9.17, 15) is 18.0 Å². The van der Waals surface area contributed by atoms with Crippen LogP contribution in [0.15, 0.2) is 83.8 Å². The quantitative estimate of drug-likeness (QED) is 0.476. The van der Waals surface area contributed by atoms with Crippen LogP contribution in [0.3, 0.4) is 0 Å². The minimum Gasteiger partial charge on any atom is -0.350 e. The molecule has 3 rings (SSSR count). The molecule has 7 nitrogen and oxygen atoms in total. The Morgan fingerprint density at radius 2 is 1.47 bits per heavy atom. The van der Waals surface area contributed by atoms with Crippen molar-refractivity contribution in [1.82, 2.24) is 5.32 Å². The van der Waals surface area contributed by atoms with E-state index in [2.05, 4.69) is 15.4 Å². The molecule has 0 unspecified atom stereocenters. The van der Waals surface area contributed by atoms with Crippen LogP contribution in [0.1, 0.15) is 41.0 Å². The van der Waals surface area contributed by atoms with Crippen LogP contribution in [0, 0.1) is 0 Å². The maximum atomic E-state index is 12.7. The molecule has 3 aromatic carbocycles. The Bertz CT molecular complexity index is 1190. The van der Waals surface area contributed by atoms with Crippen molar-refractivity contribution < 1.29 is 18.0 Å². The largest absolute Gasteiger partial charge is 0.350 e. The lowest BCUT2D eigenvalue weighted by Crippen LogP contribution is -2.32. The highest BCUT2D eigenvalue weighted by atomic mass is 32.2. The van der Waals surface area contributed by atoms with Gasteiger partial charge in [-0.2, -0.15) is 0 Å². The zero-order valence-electron chi connectivity index (χ0n) is 17.8. The number of rotatable bonds is 8. The summed E-state index contributed by atoms with van der Waals surface area (Å²) in [4.78, 5) is 25.4. The molecule has 8 heteroatoms. The highest BCUT2D eigenvalue weighted by Crippen LogP contribution is 2.19. The van der Waals surface area contributed by atoms with Crippen LogP contribution in [0.25, 0.3) is 0 Å². The van der Waals surface area contributed by atoms with Gasteiger partial charge in [0.15, 0.2) is 0 Å². The van der Waals surface area contributed by atoms with Gasteiger partial charge in [-0.05, 0) is 61.9 Å². The highest BCUT2D eigenvalue weighted by Gasteiger charge is 2.16. The summed E-state index contributed by atoms with van der Waals surface area (Å²) in [5.41, 5.74) is 1.42. The topological polar surface area (TPSA) is 104 Å². The number of nitrogens with one attached hydrogen (secondary N) is 3. The van der Waals surface area contributed by atoms with Gasteiger partial charge in [0, 0.05) is 17.3 Å². The lowest BCUT2D eigenvalue weighted by atomic mass is 10.1. The summed E-state index contributed by atoms with van der Waals surface area (Å²) in [5, 5.41) is 5.64. The van der Waals surface area contributed by atoms with E-state index in [1.54, 1.807) is 42.5 Å². The van der Waals surface area contributed by atoms with Crippen molar-refractivity contribution in [3.63, 3.8) is 0 Å². The van der Waals surface area contributed by atoms with Gasteiger partial charge in [0.2, 0.25) is 0 Å². The summed E-state index contributed by atoms with van der Waals surface area (Å²) in [6.45, 7) is 3.88. The fraction of sp³-hybridized carbons (Fsp3) is 0.167. The van der Waals surface area contributed by atoms with Crippen molar-refractivity contribution in [2.75, 3.05) is 10.0 Å². The molecule has 0 bridgehead atoms. The molecule has 3 N–H and O–H groups in total. The van der Waals surface area contributed by atoms with Crippen LogP contribution < -0.4 is 15.4 Å². The maximum Gasteiger partial charge on any atom is 0.261 e. The van der Waals surface area contributed by atoms with Crippen LogP contribution in [0.2, 0.25) is 0 Å². The minimum absolute atomic E-state index is 0.0125. The number of anilines is 2. The molecule has 0 aromatic heterocycles. The van der Waals surface area contributed by atoms with Crippen LogP contribution in [0.4, 0.5) is 11.4 Å². The maximum absolute atomic E-state index is 12.7. The van der Waals surface area contributed by atoms with Gasteiger partial charge >= 0.3 is 0 Å². The second kappa shape index (κ2) is 10.1. The Balaban J connectivity index is 1.72. The average Bonchev–Trinajstić information content (AvgIpc) is 2.80. The molecule has 0 saturated carbocycles. The van der Waals surface area contributed by atoms with Gasteiger partial charge in [-0.3, -0.25) is 14.3 Å². The van der Waals surface area contributed by atoms with Crippen molar-refractivity contribution in [1.29, 1.82) is 0 Å². The van der Waals surface area contributed by atoms with E-state index < -0.39 is 15.9 Å². The van der Waals surface area contributed by atoms with E-state index in [4.69, 9.17) is 0 Å². The SMILES string of the molecule is CC[C@@H](C)NC(=O)c1ccccc1NC(=O)c1ccc(NS(=O)(=O)c2ccccc2)cc1. The zero-order valence-corrected chi connectivity index (χ0v) is 18.6. The summed E-state index contributed by atoms with van der Waals surface area (Å²) in [6.07, 6.45) is 0.792. The molecule has 32 heavy (non-hydrogen) atoms. The smallest absolute Gasteiger partial charge is 0.261 e. The molecule has 1 atom stereocenters. The van der Waals surface area contributed by atoms with Gasteiger partial charge in [-0.15, -0.1) is 0 Å². The number of hydrogen-bond acceptors (Lipinski definition) is 4. The number of para-hydroxylation sites is 1. The third-order valence-electron chi connectivity index (χ3n) is 4.86. The molecule has 166 valence electrons. The molecule has 0 aliphatic carbocycles. The van der Waals surface area contributed by atoms with Gasteiger partial charge in [0.25, 0.3) is 21.8 Å². The van der Waals surface area contributed by atoms with E-state index in [-0.39, 0.29) is 16.8 Å². The zero-order chi connectivity index (χ0) is 23.1. The monoisotopic (exact) mass is 451 g/mol. The van der Waals surface area contributed by atoms with Gasteiger partial charge in [-0.1, -0.05) is 37.3 Å². The van der Waals surface area contributed by atoms with E-state index in [0.29, 0.717) is 22.5 Å². The standard InChI is InChI=1S/C24H25N3O4S/c1-3-17(2)25-24(29)21-11-7-8-12-22(21)26-23(28)18-13-15-19(16-14-18)27-32(30,31)20-9-5-4-6-10-20/h4-17,27H,3H2,1-2H3,(H,25,29)(H,26,28)/t17-/m1/s1. The first-order valence-corrected chi connectivity index (χ1v) is 11.7. The van der Waals surface area contributed by atoms with Crippen LogP contribution in [0.5, 0.6) is 0 Å². The Kier molecular flexibility index (Phi) is 7.27. The molecule has 0 aliphatic rings. The first-order chi connectivity index (χ1) is 15.3. The van der Waals surface area contributed by atoms with Gasteiger partial charge in [0.05, 0.1) is 16.1 Å². The van der Waals surface area contributed by atoms with Crippen molar-refractivity contribution in [2.24, 2.45) is 0 Å². The average molecular weight is 452 g/mol. The van der Waals surface area contributed by atoms with Gasteiger partial charge in [0.1, 0.15) is 0 Å². The molecular formula is C24H25N3O4S. The molecule has 0 radical (unpaired) electrons. The number of amides is 2. The fourth-order valence-corrected chi connectivity index (χ4v) is 3.97. The molecule has 3 aromatic rings. The minimum atomic E-state index is -3.72. The predicted molar refractivity (Wildman–Crippen MR) is 125 cm³/mol. The third kappa shape index (κ3) is 5.73. The van der Waals surface area contributed by atoms with E-state index in [1.165, 1.54) is 36.4 Å². The van der Waals surface area contributed by atoms with Crippen LogP contribution in [-0.4, -0.2) is 26.3 Å². The van der Waals surface area contributed by atoms with Crippen molar-refractivity contribution in [3.05, 3.63) is 90.0 Å². The van der Waals surface area contributed by atoms with Gasteiger partial charge in [-0.25, -0.2) is 8.42 Å². The summed E-state index contributed by atoms with van der Waals surface area (Å²) in [7, 11) is -3.72. The normalized spacial score (nSPS) is 11.9. The Morgan fingerprint density at radius 1 is 0.844 bits per heavy atom. The first kappa shape index (κ1) is 23.0. The summed E-state index contributed by atoms with van der Waals surface area (Å²) in [5.74, 6) is -0.674. The molecular weight excluding hydrogens is 426 g/mol. The molecule has 0 spiro atoms. The third-order valence-corrected chi connectivity index (χ3v) is 6.26. The molecule has 0 aliphatic heterocycles. The van der Waals surface area contributed by atoms with Crippen molar-refractivity contribution in [3.8, 4) is 0 Å². The second-order valence-electron chi connectivity index (χ2n) is 7.28. The number of hydrogen-bond donors (Lipinski definition) is 3. The number of carbonyl (C=O) groups is 2. The summed E-state index contributed by atoms with van der Waals surface area (Å²) < 4.78 is 27.4. The molecule has 0 saturated heterocycles. The lowest BCUT2D eigenvalue weighted by Gasteiger charge is -2.15. The van der Waals surface area contributed by atoms with Crippen molar-refractivity contribution >= 4 is 33.2 Å². The van der Waals surface area contributed by atoms with E-state index >= 15 is 0 Å². The second-order valence-corrected chi connectivity index (χ2v) is 8.96. The number of carbonyl (C=O) groups excluding carboxylic acids is 2. The highest BCUT2D eigenvalue weighted by molar-refractivity contribution is 7.92. The van der Waals surface area contributed by atoms with E-state index in [0.717, 1.165) is 6.42 Å². The summed E-state index contributed by atoms with van der Waals surface area (Å²) in [6, 6.07) is 20.8. The van der Waals surface area contributed by atoms with Crippen LogP contribution in [-0.2, 0) is 10.0 Å². The molecule has 2 amide bonds. The van der Waals surface area contributed by atoms with Crippen LogP contribution >= 0.6 is 0 Å². The van der Waals surface area contributed by atoms with Crippen molar-refractivity contribution in [2.45, 2.75) is 31.2 Å². The molecule has 0 heterocycles. The summed E-state index contributed by atoms with van der Waals surface area (Å²) >= 11 is 0. The van der Waals surface area contributed by atoms with E-state index in [1.807, 2.05) is 13.8 Å². The number of benzene rings is 3. The predicted octanol–water partition coefficient (Wildman–Crippen LogP) is 4.27. The Hall–Kier alpha value is -3.65. The lowest BCUT2D eigenvalue weighted by molar-refractivity contribution is 0.0940. The fourth-order valence-electron chi connectivity index (χ4n) is 2.89. The number of sulfonamides is 1.